The summed E-state index contributed by atoms with van der Waals surface area (Å²) >= 11 is 0. The second-order valence-corrected chi connectivity index (χ2v) is 9.43. The highest BCUT2D eigenvalue weighted by atomic mass is 15.1. The Labute approximate surface area is 213 Å². The predicted molar refractivity (Wildman–Crippen MR) is 154 cm³/mol. The molecule has 172 valence electrons. The van der Waals surface area contributed by atoms with Crippen molar-refractivity contribution in [1.82, 2.24) is 14.5 Å². The van der Waals surface area contributed by atoms with Crippen molar-refractivity contribution in [3.05, 3.63) is 128 Å². The lowest BCUT2D eigenvalue weighted by Crippen LogP contribution is -1.99. The van der Waals surface area contributed by atoms with E-state index in [1.807, 2.05) is 30.5 Å². The van der Waals surface area contributed by atoms with Crippen molar-refractivity contribution in [1.29, 1.82) is 0 Å². The van der Waals surface area contributed by atoms with Crippen LogP contribution < -0.4 is 0 Å². The molecule has 0 aliphatic carbocycles. The normalized spacial score (nSPS) is 11.8. The van der Waals surface area contributed by atoms with Crippen LogP contribution in [0.4, 0.5) is 0 Å². The van der Waals surface area contributed by atoms with Gasteiger partial charge in [0.05, 0.1) is 22.4 Å². The lowest BCUT2D eigenvalue weighted by Gasteiger charge is -2.14. The van der Waals surface area contributed by atoms with Gasteiger partial charge in [-0.05, 0) is 57.3 Å². The number of pyridine rings is 2. The van der Waals surface area contributed by atoms with Gasteiger partial charge in [-0.15, -0.1) is 0 Å². The zero-order chi connectivity index (χ0) is 24.3. The summed E-state index contributed by atoms with van der Waals surface area (Å²) in [7, 11) is 0. The molecule has 0 atom stereocenters. The van der Waals surface area contributed by atoms with Gasteiger partial charge in [0.2, 0.25) is 0 Å². The van der Waals surface area contributed by atoms with Gasteiger partial charge in [-0.1, -0.05) is 91.0 Å². The maximum atomic E-state index is 5.14. The van der Waals surface area contributed by atoms with E-state index in [9.17, 15) is 0 Å². The first kappa shape index (κ1) is 20.2. The van der Waals surface area contributed by atoms with Crippen LogP contribution in [0, 0.1) is 0 Å². The first-order valence-electron chi connectivity index (χ1n) is 12.5. The fourth-order valence-corrected chi connectivity index (χ4v) is 5.89. The Morgan fingerprint density at radius 1 is 0.459 bits per heavy atom. The van der Waals surface area contributed by atoms with E-state index in [4.69, 9.17) is 4.98 Å². The topological polar surface area (TPSA) is 30.7 Å². The molecule has 0 amide bonds. The molecule has 0 N–H and O–H groups in total. The fourth-order valence-electron chi connectivity index (χ4n) is 5.89. The van der Waals surface area contributed by atoms with Gasteiger partial charge >= 0.3 is 0 Å². The molecule has 0 fully saturated rings. The molecule has 0 unspecified atom stereocenters. The minimum Gasteiger partial charge on any atom is -0.293 e. The van der Waals surface area contributed by atoms with Crippen molar-refractivity contribution >= 4 is 54.1 Å². The Bertz CT molecular complexity index is 2140. The van der Waals surface area contributed by atoms with Crippen LogP contribution in [0.3, 0.4) is 0 Å². The molecular weight excluding hydrogens is 450 g/mol. The summed E-state index contributed by atoms with van der Waals surface area (Å²) < 4.78 is 2.33. The van der Waals surface area contributed by atoms with Crippen LogP contribution in [0.2, 0.25) is 0 Å². The number of hydrogen-bond acceptors (Lipinski definition) is 2. The third-order valence-electron chi connectivity index (χ3n) is 7.42. The molecule has 0 aliphatic heterocycles. The molecule has 8 rings (SSSR count). The molecule has 0 radical (unpaired) electrons. The minimum absolute atomic E-state index is 0.861. The molecular formula is C34H21N3. The van der Waals surface area contributed by atoms with E-state index in [1.165, 1.54) is 48.6 Å². The zero-order valence-electron chi connectivity index (χ0n) is 20.0. The van der Waals surface area contributed by atoms with Gasteiger partial charge in [0.25, 0.3) is 0 Å². The van der Waals surface area contributed by atoms with Crippen LogP contribution in [0.5, 0.6) is 0 Å². The molecule has 0 aliphatic rings. The van der Waals surface area contributed by atoms with E-state index in [0.29, 0.717) is 0 Å². The Hall–Kier alpha value is -5.02. The minimum atomic E-state index is 0.861. The summed E-state index contributed by atoms with van der Waals surface area (Å²) in [5, 5.41) is 10.1. The molecule has 8 aromatic rings. The maximum Gasteiger partial charge on any atom is 0.138 e. The molecule has 0 saturated heterocycles. The third-order valence-corrected chi connectivity index (χ3v) is 7.42. The number of benzene rings is 5. The number of hydrogen-bond donors (Lipinski definition) is 0. The lowest BCUT2D eigenvalue weighted by atomic mass is 9.93. The lowest BCUT2D eigenvalue weighted by molar-refractivity contribution is 1.08. The van der Waals surface area contributed by atoms with Gasteiger partial charge in [-0.25, -0.2) is 4.98 Å². The Morgan fingerprint density at radius 3 is 2.00 bits per heavy atom. The monoisotopic (exact) mass is 471 g/mol. The highest BCUT2D eigenvalue weighted by Gasteiger charge is 2.20. The summed E-state index contributed by atoms with van der Waals surface area (Å²) in [5.74, 6) is 0.888. The third kappa shape index (κ3) is 2.88. The molecule has 0 spiro atoms. The van der Waals surface area contributed by atoms with E-state index in [2.05, 4.69) is 107 Å². The van der Waals surface area contributed by atoms with Crippen LogP contribution in [0.15, 0.2) is 128 Å². The standard InChI is InChI=1S/C34H21N3/c1-2-11-23-22(10-1)19-20-27-32(23)24-12-3-4-13-25(24)33-26-14-5-6-17-30(26)37(34(27)33)31-18-9-16-29(36-31)28-15-7-8-21-35-28/h1-21H. The van der Waals surface area contributed by atoms with Crippen LogP contribution in [0.1, 0.15) is 0 Å². The van der Waals surface area contributed by atoms with Crippen molar-refractivity contribution < 1.29 is 0 Å². The van der Waals surface area contributed by atoms with Crippen LogP contribution in [-0.4, -0.2) is 14.5 Å². The molecule has 3 heterocycles. The second-order valence-electron chi connectivity index (χ2n) is 9.43. The highest BCUT2D eigenvalue weighted by molar-refractivity contribution is 6.35. The average Bonchev–Trinajstić information content (AvgIpc) is 3.33. The Kier molecular flexibility index (Phi) is 4.23. The average molecular weight is 472 g/mol. The van der Waals surface area contributed by atoms with E-state index < -0.39 is 0 Å². The smallest absolute Gasteiger partial charge is 0.138 e. The van der Waals surface area contributed by atoms with Crippen molar-refractivity contribution in [3.63, 3.8) is 0 Å². The number of nitrogens with zero attached hydrogens (tertiary/aromatic N) is 3. The number of fused-ring (bicyclic) bond motifs is 10. The first-order valence-corrected chi connectivity index (χ1v) is 12.5. The van der Waals surface area contributed by atoms with Gasteiger partial charge in [-0.2, -0.15) is 0 Å². The van der Waals surface area contributed by atoms with Gasteiger partial charge in [0.1, 0.15) is 5.82 Å². The molecule has 3 aromatic heterocycles. The first-order chi connectivity index (χ1) is 18.4. The van der Waals surface area contributed by atoms with E-state index in [0.717, 1.165) is 22.7 Å². The van der Waals surface area contributed by atoms with E-state index >= 15 is 0 Å². The summed E-state index contributed by atoms with van der Waals surface area (Å²) in [6.07, 6.45) is 1.81. The zero-order valence-corrected chi connectivity index (χ0v) is 20.0. The van der Waals surface area contributed by atoms with Crippen LogP contribution in [0.25, 0.3) is 71.3 Å². The van der Waals surface area contributed by atoms with E-state index in [-0.39, 0.29) is 0 Å². The van der Waals surface area contributed by atoms with Crippen molar-refractivity contribution in [2.45, 2.75) is 0 Å². The largest absolute Gasteiger partial charge is 0.293 e. The van der Waals surface area contributed by atoms with Crippen molar-refractivity contribution in [3.8, 4) is 17.2 Å². The molecule has 0 saturated carbocycles. The number of aromatic nitrogens is 3. The summed E-state index contributed by atoms with van der Waals surface area (Å²) in [4.78, 5) is 9.68. The van der Waals surface area contributed by atoms with Gasteiger partial charge < -0.3 is 0 Å². The van der Waals surface area contributed by atoms with Gasteiger partial charge in [-0.3, -0.25) is 9.55 Å². The van der Waals surface area contributed by atoms with E-state index in [1.54, 1.807) is 0 Å². The Balaban J connectivity index is 1.61. The molecule has 3 heteroatoms. The quantitative estimate of drug-likeness (QED) is 0.236. The molecule has 5 aromatic carbocycles. The SMILES string of the molecule is c1ccc(-c2cccc(-n3c4ccccc4c4c5ccccc5c5c6ccccc6ccc5c43)n2)nc1. The second kappa shape index (κ2) is 7.74. The van der Waals surface area contributed by atoms with Crippen LogP contribution in [-0.2, 0) is 0 Å². The number of para-hydroxylation sites is 1. The highest BCUT2D eigenvalue weighted by Crippen LogP contribution is 2.44. The van der Waals surface area contributed by atoms with Crippen molar-refractivity contribution in [2.24, 2.45) is 0 Å². The molecule has 3 nitrogen and oxygen atoms in total. The van der Waals surface area contributed by atoms with Gasteiger partial charge in [0, 0.05) is 22.4 Å². The molecule has 0 bridgehead atoms. The fraction of sp³-hybridized carbons (Fsp3) is 0. The predicted octanol–water partition coefficient (Wildman–Crippen LogP) is 8.70. The van der Waals surface area contributed by atoms with Crippen molar-refractivity contribution in [2.75, 3.05) is 0 Å². The van der Waals surface area contributed by atoms with Crippen LogP contribution >= 0.6 is 0 Å². The van der Waals surface area contributed by atoms with Gasteiger partial charge in [0.15, 0.2) is 0 Å². The number of rotatable bonds is 2. The molecule has 37 heavy (non-hydrogen) atoms. The summed E-state index contributed by atoms with van der Waals surface area (Å²) in [6.45, 7) is 0. The maximum absolute atomic E-state index is 5.14. The Morgan fingerprint density at radius 2 is 1.16 bits per heavy atom. The summed E-state index contributed by atoms with van der Waals surface area (Å²) in [6, 6.07) is 42.8. The summed E-state index contributed by atoms with van der Waals surface area (Å²) in [5.41, 5.74) is 4.06.